The Morgan fingerprint density at radius 2 is 1.74 bits per heavy atom. The van der Waals surface area contributed by atoms with E-state index in [9.17, 15) is 18.0 Å². The number of ether oxygens (including phenoxy) is 1. The number of amides is 1. The number of esters is 1. The summed E-state index contributed by atoms with van der Waals surface area (Å²) in [6.45, 7) is -0.343. The van der Waals surface area contributed by atoms with Crippen LogP contribution in [0.1, 0.15) is 10.4 Å². The largest absolute Gasteiger partial charge is 0.465 e. The predicted molar refractivity (Wildman–Crippen MR) is 104 cm³/mol. The minimum atomic E-state index is -3.88. The minimum absolute atomic E-state index is 0.0185. The van der Waals surface area contributed by atoms with Crippen molar-refractivity contribution in [2.24, 2.45) is 0 Å². The number of hydrogen-bond donors (Lipinski definition) is 1. The van der Waals surface area contributed by atoms with Gasteiger partial charge < -0.3 is 10.1 Å². The molecule has 0 bridgehead atoms. The second kappa shape index (κ2) is 9.03. The van der Waals surface area contributed by atoms with E-state index >= 15 is 0 Å². The Labute approximate surface area is 162 Å². The molecule has 7 nitrogen and oxygen atoms in total. The number of nitrogens with zero attached hydrogens (tertiary/aromatic N) is 1. The van der Waals surface area contributed by atoms with Gasteiger partial charge in [-0.3, -0.25) is 4.79 Å². The number of rotatable bonds is 7. The first-order valence-corrected chi connectivity index (χ1v) is 10.5. The number of hydrogen-bond acceptors (Lipinski definition) is 6. The summed E-state index contributed by atoms with van der Waals surface area (Å²) < 4.78 is 30.8. The second-order valence-corrected chi connectivity index (χ2v) is 8.42. The quantitative estimate of drug-likeness (QED) is 0.559. The normalized spacial score (nSPS) is 11.3. The van der Waals surface area contributed by atoms with Crippen LogP contribution in [0.2, 0.25) is 0 Å². The third-order valence-corrected chi connectivity index (χ3v) is 6.34. The van der Waals surface area contributed by atoms with Crippen molar-refractivity contribution in [2.75, 3.05) is 32.3 Å². The van der Waals surface area contributed by atoms with Gasteiger partial charge in [0.05, 0.1) is 29.8 Å². The van der Waals surface area contributed by atoms with Gasteiger partial charge in [-0.15, -0.1) is 11.8 Å². The van der Waals surface area contributed by atoms with Crippen LogP contribution in [0.4, 0.5) is 5.69 Å². The lowest BCUT2D eigenvalue weighted by Crippen LogP contribution is -2.35. The fourth-order valence-electron chi connectivity index (χ4n) is 2.29. The van der Waals surface area contributed by atoms with Gasteiger partial charge in [0, 0.05) is 11.9 Å². The lowest BCUT2D eigenvalue weighted by atomic mass is 10.2. The number of nitrogens with one attached hydrogen (secondary N) is 1. The molecule has 0 aliphatic carbocycles. The van der Waals surface area contributed by atoms with Gasteiger partial charge in [-0.05, 0) is 42.7 Å². The van der Waals surface area contributed by atoms with E-state index < -0.39 is 21.9 Å². The van der Waals surface area contributed by atoms with Gasteiger partial charge in [0.25, 0.3) is 0 Å². The van der Waals surface area contributed by atoms with Gasteiger partial charge in [-0.1, -0.05) is 12.1 Å². The van der Waals surface area contributed by atoms with Crippen LogP contribution in [0.3, 0.4) is 0 Å². The Bertz CT molecular complexity index is 927. The molecule has 27 heavy (non-hydrogen) atoms. The number of methoxy groups -OCH3 is 1. The zero-order valence-electron chi connectivity index (χ0n) is 15.1. The molecule has 144 valence electrons. The summed E-state index contributed by atoms with van der Waals surface area (Å²) in [5.41, 5.74) is 0.869. The lowest BCUT2D eigenvalue weighted by Gasteiger charge is -2.17. The number of anilines is 1. The van der Waals surface area contributed by atoms with Crippen molar-refractivity contribution in [3.63, 3.8) is 0 Å². The molecule has 0 aromatic heterocycles. The molecule has 2 aromatic rings. The smallest absolute Gasteiger partial charge is 0.337 e. The average Bonchev–Trinajstić information content (AvgIpc) is 2.67. The van der Waals surface area contributed by atoms with Gasteiger partial charge in [-0.2, -0.15) is 4.31 Å². The van der Waals surface area contributed by atoms with E-state index in [2.05, 4.69) is 10.1 Å². The first kappa shape index (κ1) is 20.9. The van der Waals surface area contributed by atoms with Crippen molar-refractivity contribution >= 4 is 39.3 Å². The second-order valence-electron chi connectivity index (χ2n) is 5.53. The molecule has 2 aromatic carbocycles. The minimum Gasteiger partial charge on any atom is -0.465 e. The Hall–Kier alpha value is -2.36. The van der Waals surface area contributed by atoms with E-state index in [1.807, 2.05) is 18.4 Å². The molecule has 0 saturated heterocycles. The molecular formula is C18H20N2O5S2. The zero-order chi connectivity index (χ0) is 20.0. The predicted octanol–water partition coefficient (Wildman–Crippen LogP) is 2.45. The van der Waals surface area contributed by atoms with Crippen molar-refractivity contribution in [1.29, 1.82) is 0 Å². The number of carbonyl (C=O) groups excluding carboxylic acids is 2. The van der Waals surface area contributed by atoms with Gasteiger partial charge in [0.1, 0.15) is 0 Å². The molecule has 0 unspecified atom stereocenters. The summed E-state index contributed by atoms with van der Waals surface area (Å²) in [4.78, 5) is 24.6. The summed E-state index contributed by atoms with van der Waals surface area (Å²) >= 11 is 1.48. The van der Waals surface area contributed by atoms with Crippen molar-refractivity contribution in [2.45, 2.75) is 9.79 Å². The van der Waals surface area contributed by atoms with E-state index in [1.54, 1.807) is 12.1 Å². The molecule has 0 atom stereocenters. The summed E-state index contributed by atoms with van der Waals surface area (Å²) in [7, 11) is -1.31. The Balaban J connectivity index is 2.10. The van der Waals surface area contributed by atoms with E-state index in [-0.39, 0.29) is 17.0 Å². The molecule has 2 rings (SSSR count). The highest BCUT2D eigenvalue weighted by atomic mass is 32.2. The Morgan fingerprint density at radius 3 is 2.33 bits per heavy atom. The Kier molecular flexibility index (Phi) is 7.00. The Morgan fingerprint density at radius 1 is 1.11 bits per heavy atom. The van der Waals surface area contributed by atoms with E-state index in [1.165, 1.54) is 50.2 Å². The topological polar surface area (TPSA) is 92.8 Å². The van der Waals surface area contributed by atoms with Crippen LogP contribution >= 0.6 is 11.8 Å². The maximum absolute atomic E-state index is 12.6. The summed E-state index contributed by atoms with van der Waals surface area (Å²) in [6.07, 6.45) is 1.89. The van der Waals surface area contributed by atoms with E-state index in [0.29, 0.717) is 5.69 Å². The molecule has 0 aliphatic heterocycles. The molecular weight excluding hydrogens is 388 g/mol. The summed E-state index contributed by atoms with van der Waals surface area (Å²) in [5.74, 6) is -1.01. The molecule has 9 heteroatoms. The number of sulfonamides is 1. The molecule has 1 amide bonds. The number of likely N-dealkylation sites (N-methyl/N-ethyl adjacent to an activating group) is 1. The molecule has 0 aliphatic rings. The van der Waals surface area contributed by atoms with Crippen molar-refractivity contribution in [1.82, 2.24) is 4.31 Å². The van der Waals surface area contributed by atoms with E-state index in [4.69, 9.17) is 0 Å². The summed E-state index contributed by atoms with van der Waals surface area (Å²) in [6, 6.07) is 12.6. The summed E-state index contributed by atoms with van der Waals surface area (Å²) in [5, 5.41) is 2.72. The van der Waals surface area contributed by atoms with Crippen molar-refractivity contribution in [3.8, 4) is 0 Å². The number of benzene rings is 2. The molecule has 1 N–H and O–H groups in total. The van der Waals surface area contributed by atoms with Crippen LogP contribution in [0, 0.1) is 0 Å². The molecule has 0 fully saturated rings. The maximum atomic E-state index is 12.6. The first-order chi connectivity index (χ1) is 12.8. The van der Waals surface area contributed by atoms with Gasteiger partial charge in [-0.25, -0.2) is 13.2 Å². The number of thioether (sulfide) groups is 1. The van der Waals surface area contributed by atoms with Crippen LogP contribution < -0.4 is 5.32 Å². The van der Waals surface area contributed by atoms with Crippen LogP contribution in [0.5, 0.6) is 0 Å². The SMILES string of the molecule is COC(=O)c1ccc(S(=O)(=O)N(C)CC(=O)Nc2ccccc2SC)cc1. The molecule has 0 heterocycles. The maximum Gasteiger partial charge on any atom is 0.337 e. The van der Waals surface area contributed by atoms with Gasteiger partial charge in [0.15, 0.2) is 0 Å². The standard InChI is InChI=1S/C18H20N2O5S2/c1-20(12-17(21)19-15-6-4-5-7-16(15)26-3)27(23,24)14-10-8-13(9-11-14)18(22)25-2/h4-11H,12H2,1-3H3,(H,19,21). The monoisotopic (exact) mass is 408 g/mol. The van der Waals surface area contributed by atoms with Crippen LogP contribution in [-0.2, 0) is 19.6 Å². The molecule has 0 spiro atoms. The van der Waals surface area contributed by atoms with Crippen molar-refractivity contribution in [3.05, 3.63) is 54.1 Å². The van der Waals surface area contributed by atoms with Gasteiger partial charge in [0.2, 0.25) is 15.9 Å². The molecule has 0 saturated carbocycles. The van der Waals surface area contributed by atoms with Crippen LogP contribution in [0.15, 0.2) is 58.3 Å². The third-order valence-electron chi connectivity index (χ3n) is 3.73. The number of carbonyl (C=O) groups is 2. The molecule has 0 radical (unpaired) electrons. The van der Waals surface area contributed by atoms with Crippen LogP contribution in [0.25, 0.3) is 0 Å². The van der Waals surface area contributed by atoms with Gasteiger partial charge >= 0.3 is 5.97 Å². The average molecular weight is 409 g/mol. The van der Waals surface area contributed by atoms with Crippen molar-refractivity contribution < 1.29 is 22.7 Å². The fraction of sp³-hybridized carbons (Fsp3) is 0.222. The third kappa shape index (κ3) is 5.09. The van der Waals surface area contributed by atoms with E-state index in [0.717, 1.165) is 9.20 Å². The highest BCUT2D eigenvalue weighted by Crippen LogP contribution is 2.24. The lowest BCUT2D eigenvalue weighted by molar-refractivity contribution is -0.116. The highest BCUT2D eigenvalue weighted by molar-refractivity contribution is 7.98. The van der Waals surface area contributed by atoms with Crippen LogP contribution in [-0.4, -0.2) is 51.6 Å². The fourth-order valence-corrected chi connectivity index (χ4v) is 3.97. The zero-order valence-corrected chi connectivity index (χ0v) is 16.8. The first-order valence-electron chi connectivity index (χ1n) is 7.87. The highest BCUT2D eigenvalue weighted by Gasteiger charge is 2.23. The number of para-hydroxylation sites is 1.